The highest BCUT2D eigenvalue weighted by atomic mass is 32.1. The van der Waals surface area contributed by atoms with Crippen LogP contribution in [0, 0.1) is 12.3 Å². The van der Waals surface area contributed by atoms with E-state index in [1.807, 2.05) is 46.8 Å². The van der Waals surface area contributed by atoms with Crippen LogP contribution in [0.25, 0.3) is 10.4 Å². The van der Waals surface area contributed by atoms with Gasteiger partial charge in [0.05, 0.1) is 12.1 Å². The Morgan fingerprint density at radius 1 is 1.18 bits per heavy atom. The summed E-state index contributed by atoms with van der Waals surface area (Å²) in [6.07, 6.45) is -0.440. The van der Waals surface area contributed by atoms with Gasteiger partial charge in [-0.3, -0.25) is 9.59 Å². The van der Waals surface area contributed by atoms with Gasteiger partial charge < -0.3 is 20.6 Å². The van der Waals surface area contributed by atoms with Crippen LogP contribution in [0.4, 0.5) is 0 Å². The highest BCUT2D eigenvalue weighted by Crippen LogP contribution is 2.29. The number of likely N-dealkylation sites (tertiary alicyclic amines) is 1. The number of nitrogens with zero attached hydrogens (tertiary/aromatic N) is 1. The summed E-state index contributed by atoms with van der Waals surface area (Å²) in [5.41, 5.74) is 3.09. The Morgan fingerprint density at radius 2 is 1.85 bits per heavy atom. The summed E-state index contributed by atoms with van der Waals surface area (Å²) in [5.74, 6) is -0.362. The first kappa shape index (κ1) is 25.4. The molecule has 1 aromatic carbocycles. The average molecular weight is 472 g/mol. The van der Waals surface area contributed by atoms with Gasteiger partial charge in [-0.25, -0.2) is 0 Å². The van der Waals surface area contributed by atoms with Crippen molar-refractivity contribution in [1.82, 2.24) is 15.5 Å². The lowest BCUT2D eigenvalue weighted by atomic mass is 9.85. The second-order valence-electron chi connectivity index (χ2n) is 10.4. The first-order valence-electron chi connectivity index (χ1n) is 11.6. The monoisotopic (exact) mass is 471 g/mol. The topological polar surface area (TPSA) is 81.7 Å². The molecule has 33 heavy (non-hydrogen) atoms. The molecule has 0 radical (unpaired) electrons. The van der Waals surface area contributed by atoms with E-state index in [4.69, 9.17) is 0 Å². The summed E-state index contributed by atoms with van der Waals surface area (Å²) in [5, 5.41) is 18.7. The van der Waals surface area contributed by atoms with E-state index >= 15 is 0 Å². The van der Waals surface area contributed by atoms with Gasteiger partial charge in [-0.1, -0.05) is 58.9 Å². The second kappa shape index (κ2) is 10.4. The van der Waals surface area contributed by atoms with Crippen molar-refractivity contribution in [3.8, 4) is 10.4 Å². The van der Waals surface area contributed by atoms with E-state index in [1.165, 1.54) is 16.0 Å². The number of rotatable bonds is 7. The molecule has 7 heteroatoms. The molecule has 1 aliphatic rings. The second-order valence-corrected chi connectivity index (χ2v) is 11.3. The molecular formula is C26H37N3O3S. The molecule has 1 aromatic heterocycles. The van der Waals surface area contributed by atoms with E-state index in [9.17, 15) is 14.7 Å². The minimum absolute atomic E-state index is 0.124. The smallest absolute Gasteiger partial charge is 0.243 e. The molecule has 3 N–H and O–H groups in total. The van der Waals surface area contributed by atoms with Crippen molar-refractivity contribution in [2.24, 2.45) is 5.41 Å². The molecule has 2 heterocycles. The van der Waals surface area contributed by atoms with Crippen LogP contribution < -0.4 is 10.6 Å². The first-order valence-corrected chi connectivity index (χ1v) is 12.5. The SMILES string of the molecule is Cc1ccsc1-c1ccc(CNC(=O)[C@@H]2C[C@@H](O)CN2C(=O)C(NC(C)C)C(C)(C)C)cc1. The number of hydrogen-bond donors (Lipinski definition) is 3. The third-order valence-corrected chi connectivity index (χ3v) is 7.09. The fourth-order valence-electron chi connectivity index (χ4n) is 4.25. The highest BCUT2D eigenvalue weighted by Gasteiger charge is 2.43. The molecule has 6 nitrogen and oxygen atoms in total. The number of carbonyl (C=O) groups excluding carboxylic acids is 2. The predicted molar refractivity (Wildman–Crippen MR) is 134 cm³/mol. The number of thiophene rings is 1. The van der Waals surface area contributed by atoms with Crippen molar-refractivity contribution >= 4 is 23.2 Å². The summed E-state index contributed by atoms with van der Waals surface area (Å²) in [7, 11) is 0. The predicted octanol–water partition coefficient (Wildman–Crippen LogP) is 3.71. The molecule has 0 spiro atoms. The normalized spacial score (nSPS) is 19.7. The fraction of sp³-hybridized carbons (Fsp3) is 0.538. The standard InChI is InChI=1S/C26H37N3O3S/c1-16(2)28-23(26(4,5)6)25(32)29-15-20(30)13-21(29)24(31)27-14-18-7-9-19(10-8-18)22-17(3)11-12-33-22/h7-12,16,20-21,23,28,30H,13-15H2,1-6H3,(H,27,31)/t20-,21+,23?/m1/s1. The van der Waals surface area contributed by atoms with Gasteiger partial charge in [0, 0.05) is 30.4 Å². The molecule has 1 saturated heterocycles. The van der Waals surface area contributed by atoms with Crippen LogP contribution in [-0.2, 0) is 16.1 Å². The summed E-state index contributed by atoms with van der Waals surface area (Å²) >= 11 is 1.72. The zero-order valence-corrected chi connectivity index (χ0v) is 21.3. The Kier molecular flexibility index (Phi) is 7.98. The molecular weight excluding hydrogens is 434 g/mol. The third kappa shape index (κ3) is 6.22. The third-order valence-electron chi connectivity index (χ3n) is 6.02. The van der Waals surface area contributed by atoms with Crippen molar-refractivity contribution in [3.63, 3.8) is 0 Å². The minimum Gasteiger partial charge on any atom is -0.391 e. The molecule has 1 fully saturated rings. The van der Waals surface area contributed by atoms with Crippen LogP contribution in [0.5, 0.6) is 0 Å². The van der Waals surface area contributed by atoms with Crippen LogP contribution in [0.1, 0.15) is 52.2 Å². The molecule has 1 aliphatic heterocycles. The largest absolute Gasteiger partial charge is 0.391 e. The van der Waals surface area contributed by atoms with Gasteiger partial charge in [0.1, 0.15) is 6.04 Å². The Bertz CT molecular complexity index is 962. The summed E-state index contributed by atoms with van der Waals surface area (Å²) in [6, 6.07) is 9.30. The molecule has 0 bridgehead atoms. The van der Waals surface area contributed by atoms with Crippen molar-refractivity contribution in [2.75, 3.05) is 6.54 Å². The molecule has 1 unspecified atom stereocenters. The zero-order chi connectivity index (χ0) is 24.3. The van der Waals surface area contributed by atoms with E-state index in [0.29, 0.717) is 6.54 Å². The molecule has 2 amide bonds. The maximum atomic E-state index is 13.4. The van der Waals surface area contributed by atoms with Gasteiger partial charge in [0.15, 0.2) is 0 Å². The number of nitrogens with one attached hydrogen (secondary N) is 2. The lowest BCUT2D eigenvalue weighted by Crippen LogP contribution is -2.57. The van der Waals surface area contributed by atoms with Crippen LogP contribution >= 0.6 is 11.3 Å². The van der Waals surface area contributed by atoms with Gasteiger partial charge in [0.25, 0.3) is 0 Å². The fourth-order valence-corrected chi connectivity index (χ4v) is 5.18. The van der Waals surface area contributed by atoms with Crippen LogP contribution in [-0.4, -0.2) is 52.6 Å². The number of aryl methyl sites for hydroxylation is 1. The number of aliphatic hydroxyl groups is 1. The number of hydrogen-bond acceptors (Lipinski definition) is 5. The van der Waals surface area contributed by atoms with E-state index in [-0.39, 0.29) is 36.2 Å². The summed E-state index contributed by atoms with van der Waals surface area (Å²) in [6.45, 7) is 12.7. The molecule has 2 aromatic rings. The van der Waals surface area contributed by atoms with Crippen molar-refractivity contribution in [2.45, 2.75) is 78.7 Å². The minimum atomic E-state index is -0.697. The van der Waals surface area contributed by atoms with Gasteiger partial charge in [-0.2, -0.15) is 0 Å². The quantitative estimate of drug-likeness (QED) is 0.575. The van der Waals surface area contributed by atoms with Crippen molar-refractivity contribution in [1.29, 1.82) is 0 Å². The first-order chi connectivity index (χ1) is 15.5. The van der Waals surface area contributed by atoms with E-state index in [2.05, 4.69) is 41.1 Å². The molecule has 0 aliphatic carbocycles. The van der Waals surface area contributed by atoms with Crippen LogP contribution in [0.2, 0.25) is 0 Å². The Hall–Kier alpha value is -2.22. The van der Waals surface area contributed by atoms with Crippen molar-refractivity contribution in [3.05, 3.63) is 46.8 Å². The summed E-state index contributed by atoms with van der Waals surface area (Å²) < 4.78 is 0. The Morgan fingerprint density at radius 3 is 2.39 bits per heavy atom. The van der Waals surface area contributed by atoms with Gasteiger partial charge in [-0.05, 0) is 40.5 Å². The Balaban J connectivity index is 1.66. The van der Waals surface area contributed by atoms with Crippen LogP contribution in [0.15, 0.2) is 35.7 Å². The molecule has 3 atom stereocenters. The number of benzene rings is 1. The maximum absolute atomic E-state index is 13.4. The van der Waals surface area contributed by atoms with E-state index in [1.54, 1.807) is 16.2 Å². The lowest BCUT2D eigenvalue weighted by Gasteiger charge is -2.36. The summed E-state index contributed by atoms with van der Waals surface area (Å²) in [4.78, 5) is 29.3. The van der Waals surface area contributed by atoms with Crippen molar-refractivity contribution < 1.29 is 14.7 Å². The number of carbonyl (C=O) groups is 2. The van der Waals surface area contributed by atoms with Gasteiger partial charge in [-0.15, -0.1) is 11.3 Å². The number of amides is 2. The maximum Gasteiger partial charge on any atom is 0.243 e. The van der Waals surface area contributed by atoms with Gasteiger partial charge in [0.2, 0.25) is 11.8 Å². The number of β-amino-alcohol motifs (C(OH)–C–C–N with tert-alkyl or cyclic N) is 1. The molecule has 3 rings (SSSR count). The van der Waals surface area contributed by atoms with Crippen LogP contribution in [0.3, 0.4) is 0 Å². The van der Waals surface area contributed by atoms with E-state index < -0.39 is 18.2 Å². The zero-order valence-electron chi connectivity index (χ0n) is 20.5. The lowest BCUT2D eigenvalue weighted by molar-refractivity contribution is -0.142. The Labute approximate surface area is 201 Å². The molecule has 180 valence electrons. The molecule has 0 saturated carbocycles. The highest BCUT2D eigenvalue weighted by molar-refractivity contribution is 7.13. The average Bonchev–Trinajstić information content (AvgIpc) is 3.35. The van der Waals surface area contributed by atoms with E-state index in [0.717, 1.165) is 5.56 Å². The number of aliphatic hydroxyl groups excluding tert-OH is 1. The van der Waals surface area contributed by atoms with Gasteiger partial charge >= 0.3 is 0 Å².